The smallest absolute Gasteiger partial charge is 0.257 e. The van der Waals surface area contributed by atoms with Gasteiger partial charge >= 0.3 is 0 Å². The van der Waals surface area contributed by atoms with Crippen molar-refractivity contribution < 1.29 is 4.79 Å². The number of carbonyl (C=O) groups is 1. The molecular formula is C17H21N3O. The molecule has 0 aliphatic carbocycles. The minimum Gasteiger partial charge on any atom is -0.335 e. The maximum absolute atomic E-state index is 12.7. The molecule has 1 aromatic carbocycles. The van der Waals surface area contributed by atoms with E-state index in [0.29, 0.717) is 11.5 Å². The normalized spacial score (nSPS) is 21.8. The Morgan fingerprint density at radius 1 is 1.33 bits per heavy atom. The fraction of sp³-hybridized carbons (Fsp3) is 0.412. The lowest BCUT2D eigenvalue weighted by atomic mass is 9.93. The number of nitrogens with zero attached hydrogens (tertiary/aromatic N) is 2. The van der Waals surface area contributed by atoms with E-state index in [4.69, 9.17) is 0 Å². The Morgan fingerprint density at radius 3 is 2.76 bits per heavy atom. The third-order valence-electron chi connectivity index (χ3n) is 4.52. The Balaban J connectivity index is 1.82. The monoisotopic (exact) mass is 283 g/mol. The molecule has 1 amide bonds. The molecule has 2 atom stereocenters. The number of aromatic amines is 1. The van der Waals surface area contributed by atoms with Crippen molar-refractivity contribution in [2.24, 2.45) is 0 Å². The third kappa shape index (κ3) is 2.46. The first-order chi connectivity index (χ1) is 10.1. The summed E-state index contributed by atoms with van der Waals surface area (Å²) in [6.45, 7) is 6.95. The summed E-state index contributed by atoms with van der Waals surface area (Å²) in [5.74, 6) is 0.516. The van der Waals surface area contributed by atoms with Crippen LogP contribution in [0.4, 0.5) is 0 Å². The van der Waals surface area contributed by atoms with Gasteiger partial charge in [0.05, 0.1) is 11.8 Å². The zero-order valence-corrected chi connectivity index (χ0v) is 12.8. The summed E-state index contributed by atoms with van der Waals surface area (Å²) >= 11 is 0. The number of aryl methyl sites for hydroxylation is 2. The minimum absolute atomic E-state index is 0.0878. The van der Waals surface area contributed by atoms with Crippen molar-refractivity contribution in [2.45, 2.75) is 39.2 Å². The molecule has 1 N–H and O–H groups in total. The maximum atomic E-state index is 12.7. The molecule has 0 radical (unpaired) electrons. The molecule has 2 heterocycles. The van der Waals surface area contributed by atoms with E-state index in [2.05, 4.69) is 48.3 Å². The van der Waals surface area contributed by atoms with Gasteiger partial charge in [0, 0.05) is 24.2 Å². The van der Waals surface area contributed by atoms with Crippen molar-refractivity contribution in [3.05, 3.63) is 52.8 Å². The average molecular weight is 283 g/mol. The molecule has 1 aliphatic rings. The largest absolute Gasteiger partial charge is 0.335 e. The number of nitrogens with one attached hydrogen (secondary N) is 1. The van der Waals surface area contributed by atoms with Crippen molar-refractivity contribution in [3.63, 3.8) is 0 Å². The molecule has 0 unspecified atom stereocenters. The number of rotatable bonds is 2. The molecule has 1 aliphatic heterocycles. The number of hydrogen-bond acceptors (Lipinski definition) is 2. The van der Waals surface area contributed by atoms with Crippen molar-refractivity contribution in [2.75, 3.05) is 6.54 Å². The Hall–Kier alpha value is -2.10. The van der Waals surface area contributed by atoms with E-state index in [9.17, 15) is 4.79 Å². The molecular weight excluding hydrogens is 262 g/mol. The third-order valence-corrected chi connectivity index (χ3v) is 4.52. The molecule has 4 heteroatoms. The molecule has 4 nitrogen and oxygen atoms in total. The minimum atomic E-state index is 0.0878. The standard InChI is InChI=1S/C17H21N3O/c1-11-6-4-5-7-15(11)14-8-12(2)20(10-14)17(21)16-9-18-19-13(16)3/h4-7,9,12,14H,8,10H2,1-3H3,(H,18,19)/t12-,14+/m0/s1. The molecule has 0 spiro atoms. The highest BCUT2D eigenvalue weighted by atomic mass is 16.2. The Bertz CT molecular complexity index is 662. The van der Waals surface area contributed by atoms with E-state index in [1.165, 1.54) is 11.1 Å². The van der Waals surface area contributed by atoms with Crippen molar-refractivity contribution >= 4 is 5.91 Å². The molecule has 3 rings (SSSR count). The first-order valence-electron chi connectivity index (χ1n) is 7.44. The second-order valence-electron chi connectivity index (χ2n) is 6.00. The molecule has 1 saturated heterocycles. The molecule has 0 bridgehead atoms. The summed E-state index contributed by atoms with van der Waals surface area (Å²) in [6, 6.07) is 8.73. The van der Waals surface area contributed by atoms with E-state index in [0.717, 1.165) is 18.7 Å². The first kappa shape index (κ1) is 13.9. The van der Waals surface area contributed by atoms with Crippen LogP contribution in [0.1, 0.15) is 46.4 Å². The summed E-state index contributed by atoms with van der Waals surface area (Å²) < 4.78 is 0. The number of carbonyl (C=O) groups excluding carboxylic acids is 1. The van der Waals surface area contributed by atoms with Crippen LogP contribution in [0.15, 0.2) is 30.5 Å². The SMILES string of the molecule is Cc1ccccc1[C@@H]1C[C@H](C)N(C(=O)c2cn[nH]c2C)C1. The van der Waals surface area contributed by atoms with E-state index in [1.54, 1.807) is 6.20 Å². The number of likely N-dealkylation sites (tertiary alicyclic amines) is 1. The van der Waals surface area contributed by atoms with Gasteiger partial charge in [-0.1, -0.05) is 24.3 Å². The zero-order chi connectivity index (χ0) is 15.0. The fourth-order valence-electron chi connectivity index (χ4n) is 3.31. The number of benzene rings is 1. The first-order valence-corrected chi connectivity index (χ1v) is 7.44. The van der Waals surface area contributed by atoms with Gasteiger partial charge in [-0.2, -0.15) is 5.10 Å². The van der Waals surface area contributed by atoms with Crippen LogP contribution in [0.5, 0.6) is 0 Å². The van der Waals surface area contributed by atoms with Crippen LogP contribution in [-0.4, -0.2) is 33.6 Å². The van der Waals surface area contributed by atoms with Gasteiger partial charge in [-0.15, -0.1) is 0 Å². The molecule has 0 saturated carbocycles. The van der Waals surface area contributed by atoms with E-state index in [1.807, 2.05) is 11.8 Å². The van der Waals surface area contributed by atoms with Gasteiger partial charge < -0.3 is 4.90 Å². The van der Waals surface area contributed by atoms with Crippen molar-refractivity contribution in [1.29, 1.82) is 0 Å². The van der Waals surface area contributed by atoms with Gasteiger partial charge in [0.2, 0.25) is 0 Å². The Morgan fingerprint density at radius 2 is 2.10 bits per heavy atom. The van der Waals surface area contributed by atoms with Crippen LogP contribution in [0, 0.1) is 13.8 Å². The summed E-state index contributed by atoms with van der Waals surface area (Å²) in [7, 11) is 0. The second kappa shape index (κ2) is 5.35. The number of aromatic nitrogens is 2. The lowest BCUT2D eigenvalue weighted by molar-refractivity contribution is 0.0745. The highest BCUT2D eigenvalue weighted by Crippen LogP contribution is 2.34. The zero-order valence-electron chi connectivity index (χ0n) is 12.8. The molecule has 110 valence electrons. The number of hydrogen-bond donors (Lipinski definition) is 1. The van der Waals surface area contributed by atoms with Gasteiger partial charge in [0.1, 0.15) is 0 Å². The van der Waals surface area contributed by atoms with Crippen LogP contribution in [0.25, 0.3) is 0 Å². The second-order valence-corrected chi connectivity index (χ2v) is 6.00. The quantitative estimate of drug-likeness (QED) is 0.921. The van der Waals surface area contributed by atoms with E-state index >= 15 is 0 Å². The summed E-state index contributed by atoms with van der Waals surface area (Å²) in [6.07, 6.45) is 2.65. The van der Waals surface area contributed by atoms with Gasteiger partial charge in [-0.3, -0.25) is 9.89 Å². The van der Waals surface area contributed by atoms with Crippen molar-refractivity contribution in [3.8, 4) is 0 Å². The molecule has 2 aromatic rings. The average Bonchev–Trinajstić information content (AvgIpc) is 3.05. The van der Waals surface area contributed by atoms with Gasteiger partial charge in [-0.25, -0.2) is 0 Å². The van der Waals surface area contributed by atoms with Gasteiger partial charge in [-0.05, 0) is 38.3 Å². The molecule has 1 aromatic heterocycles. The summed E-state index contributed by atoms with van der Waals surface area (Å²) in [4.78, 5) is 14.6. The van der Waals surface area contributed by atoms with Crippen LogP contribution in [0.3, 0.4) is 0 Å². The fourth-order valence-corrected chi connectivity index (χ4v) is 3.31. The lowest BCUT2D eigenvalue weighted by Crippen LogP contribution is -2.34. The van der Waals surface area contributed by atoms with Gasteiger partial charge in [0.15, 0.2) is 0 Å². The highest BCUT2D eigenvalue weighted by Gasteiger charge is 2.34. The summed E-state index contributed by atoms with van der Waals surface area (Å²) in [5.41, 5.74) is 4.20. The number of H-pyrrole nitrogens is 1. The van der Waals surface area contributed by atoms with Crippen LogP contribution >= 0.6 is 0 Å². The van der Waals surface area contributed by atoms with Crippen LogP contribution in [-0.2, 0) is 0 Å². The Labute approximate surface area is 125 Å². The van der Waals surface area contributed by atoms with Crippen LogP contribution < -0.4 is 0 Å². The van der Waals surface area contributed by atoms with Crippen LogP contribution in [0.2, 0.25) is 0 Å². The predicted octanol–water partition coefficient (Wildman–Crippen LogP) is 3.04. The Kier molecular flexibility index (Phi) is 3.53. The van der Waals surface area contributed by atoms with Crippen molar-refractivity contribution in [1.82, 2.24) is 15.1 Å². The van der Waals surface area contributed by atoms with Gasteiger partial charge in [0.25, 0.3) is 5.91 Å². The number of amides is 1. The topological polar surface area (TPSA) is 49.0 Å². The maximum Gasteiger partial charge on any atom is 0.257 e. The molecule has 21 heavy (non-hydrogen) atoms. The van der Waals surface area contributed by atoms with E-state index in [-0.39, 0.29) is 11.9 Å². The summed E-state index contributed by atoms with van der Waals surface area (Å²) in [5, 5.41) is 6.80. The lowest BCUT2D eigenvalue weighted by Gasteiger charge is -2.21. The molecule has 1 fully saturated rings. The highest BCUT2D eigenvalue weighted by molar-refractivity contribution is 5.95. The van der Waals surface area contributed by atoms with E-state index < -0.39 is 0 Å². The predicted molar refractivity (Wildman–Crippen MR) is 82.4 cm³/mol.